The van der Waals surface area contributed by atoms with E-state index in [0.29, 0.717) is 28.4 Å². The normalized spacial score (nSPS) is 11.3. The Bertz CT molecular complexity index is 1300. The summed E-state index contributed by atoms with van der Waals surface area (Å²) in [5, 5.41) is 3.47. The van der Waals surface area contributed by atoms with Gasteiger partial charge in [0.1, 0.15) is 17.2 Å². The topological polar surface area (TPSA) is 45.5 Å². The molecule has 0 radical (unpaired) electrons. The third kappa shape index (κ3) is 5.38. The maximum absolute atomic E-state index is 13.6. The fraction of sp³-hybridized carbons (Fsp3) is 0.276. The molecular weight excluding hydrogens is 459 g/mol. The predicted molar refractivity (Wildman–Crippen MR) is 145 cm³/mol. The van der Waals surface area contributed by atoms with Crippen molar-refractivity contribution in [2.24, 2.45) is 5.92 Å². The van der Waals surface area contributed by atoms with Crippen LogP contribution in [0.5, 0.6) is 0 Å². The third-order valence-corrected chi connectivity index (χ3v) is 6.90. The number of benzene rings is 3. The highest BCUT2D eigenvalue weighted by Crippen LogP contribution is 2.42. The summed E-state index contributed by atoms with van der Waals surface area (Å²) in [5.41, 5.74) is 4.88. The molecule has 0 aliphatic rings. The van der Waals surface area contributed by atoms with Gasteiger partial charge in [-0.15, -0.1) is 0 Å². The van der Waals surface area contributed by atoms with Gasteiger partial charge in [-0.05, 0) is 54.7 Å². The quantitative estimate of drug-likeness (QED) is 0.243. The van der Waals surface area contributed by atoms with Crippen LogP contribution in [0.2, 0.25) is 0 Å². The van der Waals surface area contributed by atoms with Gasteiger partial charge in [-0.2, -0.15) is 0 Å². The second kappa shape index (κ2) is 11.0. The van der Waals surface area contributed by atoms with Gasteiger partial charge in [0.15, 0.2) is 0 Å². The smallest absolute Gasteiger partial charge is 0.255 e. The lowest BCUT2D eigenvalue weighted by molar-refractivity contribution is 0.0964. The van der Waals surface area contributed by atoms with Crippen LogP contribution < -0.4 is 9.62 Å². The first-order chi connectivity index (χ1) is 16.9. The summed E-state index contributed by atoms with van der Waals surface area (Å²) in [5.74, 6) is 0.504. The number of fused-ring (bicyclic) bond motifs is 1. The van der Waals surface area contributed by atoms with Crippen molar-refractivity contribution in [2.45, 2.75) is 26.7 Å². The second-order valence-corrected chi connectivity index (χ2v) is 9.75. The van der Waals surface area contributed by atoms with Gasteiger partial charge in [-0.3, -0.25) is 4.79 Å². The summed E-state index contributed by atoms with van der Waals surface area (Å²) in [6.45, 7) is 5.38. The number of hydrogen-bond donors (Lipinski definition) is 1. The van der Waals surface area contributed by atoms with Crippen LogP contribution in [0, 0.1) is 11.7 Å². The molecule has 182 valence electrons. The van der Waals surface area contributed by atoms with Gasteiger partial charge in [0.25, 0.3) is 5.91 Å². The van der Waals surface area contributed by atoms with Crippen molar-refractivity contribution >= 4 is 34.5 Å². The van der Waals surface area contributed by atoms with Crippen LogP contribution in [-0.4, -0.2) is 25.8 Å². The number of anilines is 1. The average Bonchev–Trinajstić information content (AvgIpc) is 3.24. The first kappa shape index (κ1) is 24.9. The Morgan fingerprint density at radius 1 is 1.06 bits per heavy atom. The number of amides is 1. The fourth-order valence-corrected chi connectivity index (χ4v) is 4.96. The van der Waals surface area contributed by atoms with Crippen molar-refractivity contribution in [1.29, 1.82) is 0 Å². The Hall–Kier alpha value is -3.25. The van der Waals surface area contributed by atoms with Crippen LogP contribution in [0.4, 0.5) is 10.1 Å². The van der Waals surface area contributed by atoms with Crippen molar-refractivity contribution in [2.75, 3.05) is 24.2 Å². The summed E-state index contributed by atoms with van der Waals surface area (Å²) in [4.78, 5) is 13.0. The summed E-state index contributed by atoms with van der Waals surface area (Å²) >= 11 is 1.68. The molecule has 35 heavy (non-hydrogen) atoms. The summed E-state index contributed by atoms with van der Waals surface area (Å²) in [6.07, 6.45) is 4.31. The molecule has 4 rings (SSSR count). The maximum Gasteiger partial charge on any atom is 0.255 e. The second-order valence-electron chi connectivity index (χ2n) is 8.94. The van der Waals surface area contributed by atoms with E-state index in [1.54, 1.807) is 31.1 Å². The highest BCUT2D eigenvalue weighted by molar-refractivity contribution is 8.00. The number of nitrogens with zero attached hydrogens (tertiary/aromatic N) is 1. The molecule has 0 atom stereocenters. The zero-order valence-corrected chi connectivity index (χ0v) is 21.4. The van der Waals surface area contributed by atoms with E-state index in [2.05, 4.69) is 41.9 Å². The van der Waals surface area contributed by atoms with Gasteiger partial charge >= 0.3 is 0 Å². The molecule has 0 saturated heterocycles. The molecule has 1 aromatic heterocycles. The lowest BCUT2D eigenvalue weighted by atomic mass is 9.98. The van der Waals surface area contributed by atoms with E-state index in [-0.39, 0.29) is 11.7 Å². The Morgan fingerprint density at radius 3 is 2.40 bits per heavy atom. The maximum atomic E-state index is 13.6. The zero-order valence-electron chi connectivity index (χ0n) is 20.6. The number of nitrogens with one attached hydrogen (secondary N) is 1. The molecule has 0 aliphatic heterocycles. The third-order valence-electron chi connectivity index (χ3n) is 6.08. The molecule has 0 bridgehead atoms. The first-order valence-corrected chi connectivity index (χ1v) is 13.1. The largest absolute Gasteiger partial charge is 0.455 e. The molecule has 0 unspecified atom stereocenters. The number of rotatable bonds is 9. The zero-order chi connectivity index (χ0) is 24.9. The molecule has 1 heterocycles. The van der Waals surface area contributed by atoms with Crippen LogP contribution in [0.1, 0.15) is 37.0 Å². The van der Waals surface area contributed by atoms with Crippen molar-refractivity contribution in [3.05, 3.63) is 78.1 Å². The molecule has 0 spiro atoms. The Kier molecular flexibility index (Phi) is 7.81. The van der Waals surface area contributed by atoms with Crippen molar-refractivity contribution < 1.29 is 13.6 Å². The van der Waals surface area contributed by atoms with Crippen LogP contribution in [0.25, 0.3) is 33.4 Å². The van der Waals surface area contributed by atoms with E-state index in [9.17, 15) is 9.18 Å². The summed E-state index contributed by atoms with van der Waals surface area (Å²) < 4.78 is 22.2. The highest BCUT2D eigenvalue weighted by atomic mass is 32.2. The lowest BCUT2D eigenvalue weighted by Gasteiger charge is -2.25. The Balaban J connectivity index is 1.93. The van der Waals surface area contributed by atoms with E-state index in [0.717, 1.165) is 41.6 Å². The number of halogens is 1. The minimum absolute atomic E-state index is 0.242. The predicted octanol–water partition coefficient (Wildman–Crippen LogP) is 7.79. The summed E-state index contributed by atoms with van der Waals surface area (Å²) in [7, 11) is 1.60. The molecule has 1 amide bonds. The monoisotopic (exact) mass is 490 g/mol. The first-order valence-electron chi connectivity index (χ1n) is 11.9. The molecule has 0 aliphatic carbocycles. The Labute approximate surface area is 210 Å². The molecule has 0 saturated carbocycles. The molecule has 3 aromatic carbocycles. The molecule has 1 N–H and O–H groups in total. The SMILES string of the molecule is CNC(=O)c1c(-c2ccc(F)cc2)oc2cc(N(CCCC(C)C)SC)c(-c3ccccc3)cc12. The highest BCUT2D eigenvalue weighted by Gasteiger charge is 2.24. The van der Waals surface area contributed by atoms with Gasteiger partial charge in [0.2, 0.25) is 0 Å². The lowest BCUT2D eigenvalue weighted by Crippen LogP contribution is -2.18. The average molecular weight is 491 g/mol. The fourth-order valence-electron chi connectivity index (χ4n) is 4.30. The van der Waals surface area contributed by atoms with Crippen LogP contribution >= 0.6 is 11.9 Å². The molecule has 6 heteroatoms. The van der Waals surface area contributed by atoms with E-state index in [1.165, 1.54) is 12.1 Å². The molecular formula is C29H31FN2O2S. The van der Waals surface area contributed by atoms with Crippen molar-refractivity contribution in [3.63, 3.8) is 0 Å². The van der Waals surface area contributed by atoms with Crippen LogP contribution in [-0.2, 0) is 0 Å². The van der Waals surface area contributed by atoms with E-state index < -0.39 is 0 Å². The van der Waals surface area contributed by atoms with Crippen LogP contribution in [0.15, 0.2) is 71.1 Å². The number of furan rings is 1. The van der Waals surface area contributed by atoms with E-state index >= 15 is 0 Å². The minimum Gasteiger partial charge on any atom is -0.455 e. The van der Waals surface area contributed by atoms with Crippen LogP contribution in [0.3, 0.4) is 0 Å². The Morgan fingerprint density at radius 2 is 1.77 bits per heavy atom. The van der Waals surface area contributed by atoms with Crippen molar-refractivity contribution in [1.82, 2.24) is 5.32 Å². The van der Waals surface area contributed by atoms with Gasteiger partial charge in [-0.1, -0.05) is 56.1 Å². The van der Waals surface area contributed by atoms with E-state index in [1.807, 2.05) is 30.3 Å². The van der Waals surface area contributed by atoms with Gasteiger partial charge < -0.3 is 14.0 Å². The minimum atomic E-state index is -0.336. The number of carbonyl (C=O) groups is 1. The van der Waals surface area contributed by atoms with E-state index in [4.69, 9.17) is 4.42 Å². The molecule has 4 nitrogen and oxygen atoms in total. The molecule has 4 aromatic rings. The summed E-state index contributed by atoms with van der Waals surface area (Å²) in [6, 6.07) is 20.3. The number of hydrogen-bond acceptors (Lipinski definition) is 4. The van der Waals surface area contributed by atoms with Gasteiger partial charge in [0.05, 0.1) is 11.3 Å². The van der Waals surface area contributed by atoms with Crippen molar-refractivity contribution in [3.8, 4) is 22.5 Å². The number of carbonyl (C=O) groups excluding carboxylic acids is 1. The van der Waals surface area contributed by atoms with Gasteiger partial charge in [-0.25, -0.2) is 4.39 Å². The van der Waals surface area contributed by atoms with Gasteiger partial charge in [0, 0.05) is 42.4 Å². The standard InChI is InChI=1S/C29H31FN2O2S/c1-19(2)9-8-16-32(35-4)25-18-26-24(17-23(25)20-10-6-5-7-11-20)27(29(33)31-3)28(34-26)21-12-14-22(30)15-13-21/h5-7,10-15,17-19H,8-9,16H2,1-4H3,(H,31,33). The molecule has 0 fully saturated rings.